The van der Waals surface area contributed by atoms with E-state index in [1.54, 1.807) is 17.5 Å². The topological polar surface area (TPSA) is 105 Å². The van der Waals surface area contributed by atoms with E-state index in [1.165, 1.54) is 28.4 Å². The molecule has 0 atom stereocenters. The number of imide groups is 1. The number of aromatic nitrogens is 1. The molecule has 8 nitrogen and oxygen atoms in total. The average Bonchev–Trinajstić information content (AvgIpc) is 3.05. The highest BCUT2D eigenvalue weighted by molar-refractivity contribution is 7.14. The molecule has 9 heteroatoms. The minimum absolute atomic E-state index is 0.00118. The molecule has 1 saturated heterocycles. The number of nitro groups is 1. The average molecular weight is 304 g/mol. The van der Waals surface area contributed by atoms with Gasteiger partial charge in [0.05, 0.1) is 10.6 Å². The van der Waals surface area contributed by atoms with Crippen LogP contribution in [0.1, 0.15) is 0 Å². The summed E-state index contributed by atoms with van der Waals surface area (Å²) < 4.78 is 0. The third kappa shape index (κ3) is 2.46. The monoisotopic (exact) mass is 304 g/mol. The number of hydrogen-bond acceptors (Lipinski definition) is 6. The lowest BCUT2D eigenvalue weighted by Crippen LogP contribution is -2.27. The van der Waals surface area contributed by atoms with Crippen LogP contribution in [-0.4, -0.2) is 28.4 Å². The van der Waals surface area contributed by atoms with Gasteiger partial charge >= 0.3 is 6.03 Å². The lowest BCUT2D eigenvalue weighted by molar-refractivity contribution is -0.384. The molecule has 106 valence electrons. The molecule has 2 heterocycles. The fraction of sp³-hybridized carbons (Fsp3) is 0.0833. The molecule has 3 rings (SSSR count). The molecule has 0 saturated carbocycles. The summed E-state index contributed by atoms with van der Waals surface area (Å²) in [4.78, 5) is 38.4. The summed E-state index contributed by atoms with van der Waals surface area (Å²) in [7, 11) is 0. The van der Waals surface area contributed by atoms with Gasteiger partial charge in [-0.15, -0.1) is 11.3 Å². The zero-order valence-electron chi connectivity index (χ0n) is 10.5. The zero-order valence-corrected chi connectivity index (χ0v) is 11.3. The van der Waals surface area contributed by atoms with Crippen LogP contribution in [0, 0.1) is 10.1 Å². The second-order valence-electron chi connectivity index (χ2n) is 4.26. The Hall–Kier alpha value is -2.81. The molecule has 1 aliphatic rings. The van der Waals surface area contributed by atoms with E-state index in [1.807, 2.05) is 0 Å². The number of urea groups is 1. The van der Waals surface area contributed by atoms with Crippen molar-refractivity contribution in [3.8, 4) is 11.3 Å². The van der Waals surface area contributed by atoms with Gasteiger partial charge in [0.15, 0.2) is 5.13 Å². The second kappa shape index (κ2) is 4.94. The highest BCUT2D eigenvalue weighted by Crippen LogP contribution is 2.29. The van der Waals surface area contributed by atoms with Crippen molar-refractivity contribution in [3.05, 3.63) is 39.8 Å². The largest absolute Gasteiger partial charge is 0.330 e. The summed E-state index contributed by atoms with van der Waals surface area (Å²) in [5, 5.41) is 14.9. The molecule has 21 heavy (non-hydrogen) atoms. The van der Waals surface area contributed by atoms with Crippen LogP contribution >= 0.6 is 11.3 Å². The van der Waals surface area contributed by atoms with Crippen molar-refractivity contribution in [2.24, 2.45) is 0 Å². The first-order valence-corrected chi connectivity index (χ1v) is 6.74. The lowest BCUT2D eigenvalue weighted by atomic mass is 10.1. The van der Waals surface area contributed by atoms with Crippen molar-refractivity contribution in [3.63, 3.8) is 0 Å². The third-order valence-corrected chi connectivity index (χ3v) is 3.75. The molecule has 1 aromatic carbocycles. The van der Waals surface area contributed by atoms with E-state index < -0.39 is 11.0 Å². The van der Waals surface area contributed by atoms with Gasteiger partial charge in [0.2, 0.25) is 5.91 Å². The van der Waals surface area contributed by atoms with E-state index in [0.29, 0.717) is 16.4 Å². The molecule has 1 aliphatic heterocycles. The van der Waals surface area contributed by atoms with E-state index in [9.17, 15) is 19.7 Å². The zero-order chi connectivity index (χ0) is 15.0. The van der Waals surface area contributed by atoms with Crippen LogP contribution in [0.5, 0.6) is 0 Å². The van der Waals surface area contributed by atoms with Gasteiger partial charge in [-0.1, -0.05) is 0 Å². The van der Waals surface area contributed by atoms with Crippen molar-refractivity contribution < 1.29 is 14.5 Å². The van der Waals surface area contributed by atoms with Gasteiger partial charge in [-0.3, -0.25) is 25.1 Å². The summed E-state index contributed by atoms with van der Waals surface area (Å²) in [6, 6.07) is 5.46. The Kier molecular flexibility index (Phi) is 3.10. The molecule has 0 aliphatic carbocycles. The number of carbonyl (C=O) groups excluding carboxylic acids is 2. The smallest absolute Gasteiger partial charge is 0.276 e. The molecule has 0 unspecified atom stereocenters. The Bertz CT molecular complexity index is 740. The highest BCUT2D eigenvalue weighted by Gasteiger charge is 2.30. The molecule has 1 N–H and O–H groups in total. The number of thiazole rings is 1. The maximum absolute atomic E-state index is 11.5. The van der Waals surface area contributed by atoms with Crippen molar-refractivity contribution in [1.29, 1.82) is 0 Å². The molecule has 1 aromatic heterocycles. The minimum atomic E-state index is -0.496. The number of nitrogens with one attached hydrogen (secondary N) is 1. The summed E-state index contributed by atoms with van der Waals surface area (Å²) in [6.07, 6.45) is 0. The Morgan fingerprint density at radius 3 is 2.57 bits per heavy atom. The molecule has 0 radical (unpaired) electrons. The molecule has 0 bridgehead atoms. The quantitative estimate of drug-likeness (QED) is 0.528. The van der Waals surface area contributed by atoms with Crippen LogP contribution in [0.15, 0.2) is 29.6 Å². The van der Waals surface area contributed by atoms with Gasteiger partial charge in [-0.05, 0) is 12.1 Å². The van der Waals surface area contributed by atoms with Crippen LogP contribution in [-0.2, 0) is 4.79 Å². The Balaban J connectivity index is 1.86. The number of carbonyl (C=O) groups is 2. The number of nitro benzene ring substituents is 1. The van der Waals surface area contributed by atoms with Crippen LogP contribution in [0.4, 0.5) is 15.6 Å². The molecule has 0 spiro atoms. The van der Waals surface area contributed by atoms with Crippen molar-refractivity contribution >= 4 is 34.1 Å². The Morgan fingerprint density at radius 1 is 1.29 bits per heavy atom. The Labute approximate surface area is 122 Å². The second-order valence-corrected chi connectivity index (χ2v) is 5.10. The minimum Gasteiger partial charge on any atom is -0.276 e. The van der Waals surface area contributed by atoms with E-state index in [2.05, 4.69) is 10.3 Å². The van der Waals surface area contributed by atoms with E-state index in [0.717, 1.165) is 0 Å². The predicted molar refractivity (Wildman–Crippen MR) is 75.1 cm³/mol. The maximum atomic E-state index is 11.5. The first-order valence-electron chi connectivity index (χ1n) is 5.86. The highest BCUT2D eigenvalue weighted by atomic mass is 32.1. The molecule has 2 aromatic rings. The summed E-state index contributed by atoms with van der Waals surface area (Å²) in [6.45, 7) is -0.0496. The number of benzene rings is 1. The van der Waals surface area contributed by atoms with Crippen molar-refractivity contribution in [2.75, 3.05) is 11.4 Å². The fourth-order valence-electron chi connectivity index (χ4n) is 1.87. The molecule has 1 fully saturated rings. The number of amides is 3. The SMILES string of the molecule is O=C1CN(c2nc(-c3ccc([N+](=O)[O-])cc3)cs2)C(=O)N1. The first-order chi connectivity index (χ1) is 10.0. The van der Waals surface area contributed by atoms with Crippen LogP contribution in [0.2, 0.25) is 0 Å². The Morgan fingerprint density at radius 2 is 2.00 bits per heavy atom. The van der Waals surface area contributed by atoms with Crippen LogP contribution in [0.3, 0.4) is 0 Å². The van der Waals surface area contributed by atoms with Gasteiger partial charge in [0.1, 0.15) is 6.54 Å². The van der Waals surface area contributed by atoms with Crippen LogP contribution < -0.4 is 10.2 Å². The molecule has 3 amide bonds. The van der Waals surface area contributed by atoms with Gasteiger partial charge < -0.3 is 0 Å². The summed E-state index contributed by atoms with van der Waals surface area (Å²) >= 11 is 1.23. The van der Waals surface area contributed by atoms with E-state index in [4.69, 9.17) is 0 Å². The van der Waals surface area contributed by atoms with E-state index in [-0.39, 0.29) is 18.1 Å². The van der Waals surface area contributed by atoms with Gasteiger partial charge in [0.25, 0.3) is 5.69 Å². The van der Waals surface area contributed by atoms with Gasteiger partial charge in [-0.25, -0.2) is 9.78 Å². The van der Waals surface area contributed by atoms with Crippen molar-refractivity contribution in [2.45, 2.75) is 0 Å². The predicted octanol–water partition coefficient (Wildman–Crippen LogP) is 1.77. The lowest BCUT2D eigenvalue weighted by Gasteiger charge is -2.07. The number of anilines is 1. The number of hydrogen-bond donors (Lipinski definition) is 1. The number of nitrogens with zero attached hydrogens (tertiary/aromatic N) is 3. The molecular formula is C12H8N4O4S. The third-order valence-electron chi connectivity index (χ3n) is 2.89. The number of rotatable bonds is 3. The maximum Gasteiger partial charge on any atom is 0.330 e. The van der Waals surface area contributed by atoms with Gasteiger partial charge in [0, 0.05) is 23.1 Å². The van der Waals surface area contributed by atoms with Crippen molar-refractivity contribution in [1.82, 2.24) is 10.3 Å². The fourth-order valence-corrected chi connectivity index (χ4v) is 2.70. The normalized spacial score (nSPS) is 14.4. The van der Waals surface area contributed by atoms with E-state index >= 15 is 0 Å². The first kappa shape index (κ1) is 13.2. The molecular weight excluding hydrogens is 296 g/mol. The summed E-state index contributed by atoms with van der Waals surface area (Å²) in [5.41, 5.74) is 1.30. The van der Waals surface area contributed by atoms with Gasteiger partial charge in [-0.2, -0.15) is 0 Å². The van der Waals surface area contributed by atoms with Crippen LogP contribution in [0.25, 0.3) is 11.3 Å². The summed E-state index contributed by atoms with van der Waals surface area (Å²) in [5.74, 6) is -0.368. The number of non-ortho nitro benzene ring substituents is 1. The standard InChI is InChI=1S/C12H8N4O4S/c17-10-5-15(11(18)14-10)12-13-9(6-21-12)7-1-3-8(4-2-7)16(19)20/h1-4,6H,5H2,(H,14,17,18).